The predicted molar refractivity (Wildman–Crippen MR) is 112 cm³/mol. The zero-order valence-electron chi connectivity index (χ0n) is 17.8. The lowest BCUT2D eigenvalue weighted by Crippen LogP contribution is -2.41. The quantitative estimate of drug-likeness (QED) is 0.228. The second-order valence-electron chi connectivity index (χ2n) is 7.64. The van der Waals surface area contributed by atoms with Crippen LogP contribution in [0.4, 0.5) is 0 Å². The van der Waals surface area contributed by atoms with E-state index >= 15 is 0 Å². The van der Waals surface area contributed by atoms with E-state index in [-0.39, 0.29) is 24.1 Å². The third-order valence-corrected chi connectivity index (χ3v) is 4.87. The summed E-state index contributed by atoms with van der Waals surface area (Å²) in [5, 5.41) is 0. The molecular formula is C21H36BNO3. The molecule has 0 aromatic carbocycles. The van der Waals surface area contributed by atoms with Crippen LogP contribution in [0.1, 0.15) is 68.2 Å². The maximum absolute atomic E-state index is 6.18. The van der Waals surface area contributed by atoms with Crippen molar-refractivity contribution in [3.8, 4) is 0 Å². The van der Waals surface area contributed by atoms with Crippen LogP contribution >= 0.6 is 0 Å². The van der Waals surface area contributed by atoms with Crippen molar-refractivity contribution in [2.75, 3.05) is 6.61 Å². The Labute approximate surface area is 160 Å². The fraction of sp³-hybridized carbons (Fsp3) is 0.667. The Morgan fingerprint density at radius 2 is 1.77 bits per heavy atom. The molecule has 1 atom stereocenters. The topological polar surface area (TPSA) is 40.0 Å². The molecule has 1 aliphatic heterocycles. The molecule has 0 aliphatic carbocycles. The van der Waals surface area contributed by atoms with Gasteiger partial charge in [0.25, 0.3) is 0 Å². The molecule has 1 fully saturated rings. The lowest BCUT2D eigenvalue weighted by atomic mass is 9.72. The number of allylic oxidation sites excluding steroid dienone is 3. The molecule has 1 unspecified atom stereocenters. The fourth-order valence-corrected chi connectivity index (χ4v) is 2.52. The van der Waals surface area contributed by atoms with Crippen molar-refractivity contribution in [3.05, 3.63) is 35.8 Å². The van der Waals surface area contributed by atoms with Crippen molar-refractivity contribution in [1.29, 1.82) is 0 Å². The number of unbranched alkanes of at least 4 members (excludes halogenated alkanes) is 1. The minimum atomic E-state index is -0.330. The number of nitrogens with zero attached hydrogens (tertiary/aromatic N) is 1. The monoisotopic (exact) mass is 361 g/mol. The maximum Gasteiger partial charge on any atom is 0.464 e. The Balaban J connectivity index is 3.05. The zero-order chi connectivity index (χ0) is 19.8. The molecule has 26 heavy (non-hydrogen) atoms. The van der Waals surface area contributed by atoms with Gasteiger partial charge in [0.2, 0.25) is 0 Å². The third-order valence-electron chi connectivity index (χ3n) is 4.87. The molecule has 0 amide bonds. The van der Waals surface area contributed by atoms with Crippen LogP contribution in [0.25, 0.3) is 0 Å². The highest BCUT2D eigenvalue weighted by atomic mass is 16.7. The number of hydrogen-bond acceptors (Lipinski definition) is 4. The fourth-order valence-electron chi connectivity index (χ4n) is 2.52. The van der Waals surface area contributed by atoms with Crippen molar-refractivity contribution in [2.45, 2.75) is 85.3 Å². The van der Waals surface area contributed by atoms with Gasteiger partial charge in [0, 0.05) is 12.0 Å². The SMILES string of the molecule is C\C=C(N=CCCC)/C(=C\C(C)B1OC(C)(C)C(C)(C)O1)/C=C/OCC. The number of ether oxygens (including phenoxy) is 1. The summed E-state index contributed by atoms with van der Waals surface area (Å²) in [6, 6.07) is 0. The van der Waals surface area contributed by atoms with E-state index in [1.807, 2.05) is 32.2 Å². The Morgan fingerprint density at radius 1 is 1.15 bits per heavy atom. The molecule has 1 saturated heterocycles. The summed E-state index contributed by atoms with van der Waals surface area (Å²) in [6.45, 7) is 17.2. The average molecular weight is 361 g/mol. The first-order valence-electron chi connectivity index (χ1n) is 9.73. The van der Waals surface area contributed by atoms with Gasteiger partial charge >= 0.3 is 7.12 Å². The first-order chi connectivity index (χ1) is 12.2. The van der Waals surface area contributed by atoms with Gasteiger partial charge in [-0.15, -0.1) is 0 Å². The van der Waals surface area contributed by atoms with Gasteiger partial charge in [0.15, 0.2) is 0 Å². The van der Waals surface area contributed by atoms with Crippen molar-refractivity contribution in [3.63, 3.8) is 0 Å². The van der Waals surface area contributed by atoms with E-state index < -0.39 is 0 Å². The van der Waals surface area contributed by atoms with Gasteiger partial charge in [-0.1, -0.05) is 32.4 Å². The highest BCUT2D eigenvalue weighted by Gasteiger charge is 2.52. The van der Waals surface area contributed by atoms with E-state index in [0.717, 1.165) is 24.1 Å². The molecule has 0 saturated carbocycles. The van der Waals surface area contributed by atoms with Crippen LogP contribution in [0.5, 0.6) is 0 Å². The van der Waals surface area contributed by atoms with Gasteiger partial charge in [-0.05, 0) is 59.6 Å². The van der Waals surface area contributed by atoms with E-state index in [1.54, 1.807) is 6.26 Å². The average Bonchev–Trinajstić information content (AvgIpc) is 2.79. The van der Waals surface area contributed by atoms with Crippen LogP contribution in [0, 0.1) is 0 Å². The highest BCUT2D eigenvalue weighted by Crippen LogP contribution is 2.40. The molecule has 5 heteroatoms. The van der Waals surface area contributed by atoms with Gasteiger partial charge in [-0.2, -0.15) is 0 Å². The molecule has 1 aliphatic rings. The molecule has 0 spiro atoms. The number of rotatable bonds is 9. The third kappa shape index (κ3) is 6.13. The lowest BCUT2D eigenvalue weighted by molar-refractivity contribution is 0.00578. The summed E-state index contributed by atoms with van der Waals surface area (Å²) in [5.41, 5.74) is 1.28. The number of aliphatic imine (C=N–C) groups is 1. The summed E-state index contributed by atoms with van der Waals surface area (Å²) in [5.74, 6) is 0.0775. The van der Waals surface area contributed by atoms with E-state index in [0.29, 0.717) is 6.61 Å². The van der Waals surface area contributed by atoms with E-state index in [2.05, 4.69) is 52.6 Å². The zero-order valence-corrected chi connectivity index (χ0v) is 17.8. The van der Waals surface area contributed by atoms with Crippen LogP contribution in [-0.2, 0) is 14.0 Å². The molecular weight excluding hydrogens is 325 g/mol. The first kappa shape index (κ1) is 22.7. The minimum Gasteiger partial charge on any atom is -0.501 e. The van der Waals surface area contributed by atoms with Gasteiger partial charge in [0.05, 0.1) is 29.8 Å². The largest absolute Gasteiger partial charge is 0.501 e. The normalized spacial score (nSPS) is 21.8. The van der Waals surface area contributed by atoms with Crippen molar-refractivity contribution < 1.29 is 14.0 Å². The lowest BCUT2D eigenvalue weighted by Gasteiger charge is -2.32. The standard InChI is InChI=1S/C21H36BNO3/c1-9-12-14-23-19(10-2)18(13-15-24-11-3)16-17(4)22-25-20(5,6)21(7,8)26-22/h10,13-17H,9,11-12H2,1-8H3/b15-13+,18-16-,19-10+,23-14?. The number of hydrogen-bond donors (Lipinski definition) is 0. The van der Waals surface area contributed by atoms with Crippen LogP contribution in [-0.4, -0.2) is 31.1 Å². The van der Waals surface area contributed by atoms with Crippen LogP contribution in [0.2, 0.25) is 5.82 Å². The van der Waals surface area contributed by atoms with Gasteiger partial charge in [0.1, 0.15) is 0 Å². The summed E-state index contributed by atoms with van der Waals surface area (Å²) < 4.78 is 17.8. The van der Waals surface area contributed by atoms with Crippen LogP contribution in [0.15, 0.2) is 40.8 Å². The second kappa shape index (κ2) is 10.1. The Bertz CT molecular complexity index is 546. The molecule has 0 radical (unpaired) electrons. The van der Waals surface area contributed by atoms with Crippen LogP contribution in [0.3, 0.4) is 0 Å². The van der Waals surface area contributed by atoms with E-state index in [9.17, 15) is 0 Å². The van der Waals surface area contributed by atoms with Gasteiger partial charge in [-0.25, -0.2) is 0 Å². The molecule has 4 nitrogen and oxygen atoms in total. The molecule has 0 bridgehead atoms. The Hall–Kier alpha value is -1.33. The molecule has 0 aromatic heterocycles. The summed E-state index contributed by atoms with van der Waals surface area (Å²) in [6.07, 6.45) is 11.9. The highest BCUT2D eigenvalue weighted by molar-refractivity contribution is 6.48. The minimum absolute atomic E-state index is 0.0775. The van der Waals surface area contributed by atoms with Crippen molar-refractivity contribution in [2.24, 2.45) is 4.99 Å². The summed E-state index contributed by atoms with van der Waals surface area (Å²) in [4.78, 5) is 4.63. The van der Waals surface area contributed by atoms with E-state index in [4.69, 9.17) is 14.0 Å². The second-order valence-corrected chi connectivity index (χ2v) is 7.64. The van der Waals surface area contributed by atoms with Gasteiger partial charge in [-0.3, -0.25) is 4.99 Å². The first-order valence-corrected chi connectivity index (χ1v) is 9.73. The van der Waals surface area contributed by atoms with Crippen molar-refractivity contribution in [1.82, 2.24) is 0 Å². The van der Waals surface area contributed by atoms with Crippen molar-refractivity contribution >= 4 is 13.3 Å². The smallest absolute Gasteiger partial charge is 0.464 e. The Morgan fingerprint density at radius 3 is 2.27 bits per heavy atom. The Kier molecular flexibility index (Phi) is 8.84. The molecule has 146 valence electrons. The maximum atomic E-state index is 6.18. The molecule has 1 rings (SSSR count). The molecule has 0 N–H and O–H groups in total. The van der Waals surface area contributed by atoms with Gasteiger partial charge < -0.3 is 14.0 Å². The van der Waals surface area contributed by atoms with Crippen LogP contribution < -0.4 is 0 Å². The van der Waals surface area contributed by atoms with E-state index in [1.165, 1.54) is 0 Å². The summed E-state index contributed by atoms with van der Waals surface area (Å²) in [7, 11) is -0.284. The summed E-state index contributed by atoms with van der Waals surface area (Å²) >= 11 is 0. The molecule has 1 heterocycles. The predicted octanol–water partition coefficient (Wildman–Crippen LogP) is 5.72. The molecule has 0 aromatic rings.